The Morgan fingerprint density at radius 1 is 1.29 bits per heavy atom. The second kappa shape index (κ2) is 9.61. The fourth-order valence-corrected chi connectivity index (χ4v) is 3.80. The molecule has 0 unspecified atom stereocenters. The van der Waals surface area contributed by atoms with Gasteiger partial charge in [-0.3, -0.25) is 4.99 Å². The number of piperidine rings is 1. The van der Waals surface area contributed by atoms with Gasteiger partial charge in [-0.05, 0) is 37.6 Å². The molecule has 0 aliphatic carbocycles. The van der Waals surface area contributed by atoms with Crippen molar-refractivity contribution in [3.8, 4) is 0 Å². The Morgan fingerprint density at radius 2 is 1.92 bits per heavy atom. The van der Waals surface area contributed by atoms with E-state index in [4.69, 9.17) is 0 Å². The molecule has 6 nitrogen and oxygen atoms in total. The van der Waals surface area contributed by atoms with Gasteiger partial charge in [0.05, 0.1) is 5.75 Å². The second-order valence-electron chi connectivity index (χ2n) is 7.73. The van der Waals surface area contributed by atoms with Crippen molar-refractivity contribution in [3.63, 3.8) is 0 Å². The minimum atomic E-state index is -2.91. The predicted octanol–water partition coefficient (Wildman–Crippen LogP) is 1.49. The van der Waals surface area contributed by atoms with Crippen LogP contribution < -0.4 is 10.6 Å². The minimum absolute atomic E-state index is 0.0921. The van der Waals surface area contributed by atoms with E-state index in [-0.39, 0.29) is 11.2 Å². The van der Waals surface area contributed by atoms with Crippen molar-refractivity contribution in [1.82, 2.24) is 15.5 Å². The lowest BCUT2D eigenvalue weighted by atomic mass is 9.90. The smallest absolute Gasteiger partial charge is 0.191 e. The molecule has 0 spiro atoms. The summed E-state index contributed by atoms with van der Waals surface area (Å²) in [6.45, 7) is 10.6. The molecule has 0 aromatic heterocycles. The van der Waals surface area contributed by atoms with Gasteiger partial charge in [0.25, 0.3) is 0 Å². The van der Waals surface area contributed by atoms with Crippen molar-refractivity contribution in [2.24, 2.45) is 10.4 Å². The Hall–Kier alpha value is -0.820. The van der Waals surface area contributed by atoms with Crippen LogP contribution in [0.4, 0.5) is 0 Å². The molecule has 2 N–H and O–H groups in total. The molecule has 1 aliphatic rings. The minimum Gasteiger partial charge on any atom is -0.356 e. The summed E-state index contributed by atoms with van der Waals surface area (Å²) in [4.78, 5) is 6.83. The molecule has 0 aromatic rings. The Kier molecular flexibility index (Phi) is 8.50. The maximum atomic E-state index is 11.3. The highest BCUT2D eigenvalue weighted by atomic mass is 32.2. The molecule has 1 fully saturated rings. The molecular weight excluding hydrogens is 324 g/mol. The summed E-state index contributed by atoms with van der Waals surface area (Å²) < 4.78 is 22.7. The van der Waals surface area contributed by atoms with E-state index in [0.29, 0.717) is 19.0 Å². The van der Waals surface area contributed by atoms with Gasteiger partial charge in [-0.1, -0.05) is 20.8 Å². The Morgan fingerprint density at radius 3 is 2.42 bits per heavy atom. The third kappa shape index (κ3) is 8.87. The van der Waals surface area contributed by atoms with Crippen molar-refractivity contribution in [2.45, 2.75) is 52.5 Å². The summed E-state index contributed by atoms with van der Waals surface area (Å²) in [5, 5.41) is 6.87. The first-order chi connectivity index (χ1) is 11.1. The van der Waals surface area contributed by atoms with Gasteiger partial charge in [0.1, 0.15) is 9.84 Å². The average Bonchev–Trinajstić information content (AvgIpc) is 2.51. The number of guanidine groups is 1. The van der Waals surface area contributed by atoms with Gasteiger partial charge in [0.15, 0.2) is 5.96 Å². The van der Waals surface area contributed by atoms with Crippen LogP contribution in [0, 0.1) is 5.41 Å². The number of nitrogens with one attached hydrogen (secondary N) is 2. The Balaban J connectivity index is 2.37. The third-order valence-electron chi connectivity index (χ3n) is 4.58. The van der Waals surface area contributed by atoms with E-state index >= 15 is 0 Å². The normalized spacial score (nSPS) is 18.6. The number of sulfone groups is 1. The van der Waals surface area contributed by atoms with E-state index in [0.717, 1.165) is 31.9 Å². The molecule has 0 bridgehead atoms. The number of aliphatic imine (C=N–C) groups is 1. The van der Waals surface area contributed by atoms with E-state index in [2.05, 4.69) is 41.3 Å². The van der Waals surface area contributed by atoms with E-state index in [1.807, 2.05) is 0 Å². The van der Waals surface area contributed by atoms with Crippen LogP contribution in [0.5, 0.6) is 0 Å². The van der Waals surface area contributed by atoms with Gasteiger partial charge in [-0.25, -0.2) is 8.42 Å². The van der Waals surface area contributed by atoms with Crippen LogP contribution in [0.1, 0.15) is 46.5 Å². The van der Waals surface area contributed by atoms with Gasteiger partial charge in [0.2, 0.25) is 0 Å². The first-order valence-corrected chi connectivity index (χ1v) is 11.1. The van der Waals surface area contributed by atoms with Crippen LogP contribution in [-0.2, 0) is 9.84 Å². The largest absolute Gasteiger partial charge is 0.356 e. The fraction of sp³-hybridized carbons (Fsp3) is 0.941. The molecule has 1 aliphatic heterocycles. The first-order valence-electron chi connectivity index (χ1n) is 9.02. The molecule has 0 aromatic carbocycles. The lowest BCUT2D eigenvalue weighted by Crippen LogP contribution is -2.50. The van der Waals surface area contributed by atoms with Crippen LogP contribution in [-0.4, -0.2) is 70.6 Å². The maximum absolute atomic E-state index is 11.3. The predicted molar refractivity (Wildman–Crippen MR) is 102 cm³/mol. The van der Waals surface area contributed by atoms with Crippen LogP contribution >= 0.6 is 0 Å². The van der Waals surface area contributed by atoms with Crippen molar-refractivity contribution < 1.29 is 8.42 Å². The second-order valence-corrected chi connectivity index (χ2v) is 9.99. The van der Waals surface area contributed by atoms with Gasteiger partial charge >= 0.3 is 0 Å². The van der Waals surface area contributed by atoms with Gasteiger partial charge in [0, 0.05) is 39.0 Å². The Labute approximate surface area is 148 Å². The fourth-order valence-electron chi connectivity index (χ4n) is 2.88. The highest BCUT2D eigenvalue weighted by Gasteiger charge is 2.22. The Bertz CT molecular complexity index is 495. The van der Waals surface area contributed by atoms with Crippen LogP contribution in [0.3, 0.4) is 0 Å². The van der Waals surface area contributed by atoms with E-state index in [1.165, 1.54) is 19.2 Å². The lowest BCUT2D eigenvalue weighted by Gasteiger charge is -2.33. The summed E-state index contributed by atoms with van der Waals surface area (Å²) in [5.41, 5.74) is -0.0921. The quantitative estimate of drug-likeness (QED) is 0.507. The molecule has 1 saturated heterocycles. The van der Waals surface area contributed by atoms with Crippen LogP contribution in [0.15, 0.2) is 4.99 Å². The molecule has 142 valence electrons. The highest BCUT2D eigenvalue weighted by molar-refractivity contribution is 7.90. The maximum Gasteiger partial charge on any atom is 0.191 e. The van der Waals surface area contributed by atoms with Crippen molar-refractivity contribution >= 4 is 15.8 Å². The molecule has 0 radical (unpaired) electrons. The van der Waals surface area contributed by atoms with Gasteiger partial charge < -0.3 is 15.5 Å². The number of rotatable bonds is 8. The molecular formula is C17H36N4O2S. The van der Waals surface area contributed by atoms with Crippen molar-refractivity contribution in [1.29, 1.82) is 0 Å². The monoisotopic (exact) mass is 360 g/mol. The molecule has 1 rings (SSSR count). The summed E-state index contributed by atoms with van der Waals surface area (Å²) in [6, 6.07) is 0.462. The standard InChI is InChI=1S/C17H36N4O2S/c1-6-10-21-11-7-15(8-12-21)20-16(18-4)19-14-17(2,3)9-13-24(5,22)23/h15H,6-14H2,1-5H3,(H2,18,19,20). The van der Waals surface area contributed by atoms with Gasteiger partial charge in [-0.2, -0.15) is 0 Å². The molecule has 0 amide bonds. The third-order valence-corrected chi connectivity index (χ3v) is 5.52. The number of hydrogen-bond donors (Lipinski definition) is 2. The van der Waals surface area contributed by atoms with E-state index < -0.39 is 9.84 Å². The van der Waals surface area contributed by atoms with Crippen molar-refractivity contribution in [2.75, 3.05) is 45.2 Å². The van der Waals surface area contributed by atoms with Crippen LogP contribution in [0.25, 0.3) is 0 Å². The molecule has 0 saturated carbocycles. The SMILES string of the molecule is CCCN1CCC(NC(=NC)NCC(C)(C)CCS(C)(=O)=O)CC1. The zero-order valence-corrected chi connectivity index (χ0v) is 16.9. The molecule has 0 atom stereocenters. The topological polar surface area (TPSA) is 73.8 Å². The highest BCUT2D eigenvalue weighted by Crippen LogP contribution is 2.19. The van der Waals surface area contributed by atoms with E-state index in [9.17, 15) is 8.42 Å². The molecule has 24 heavy (non-hydrogen) atoms. The van der Waals surface area contributed by atoms with E-state index in [1.54, 1.807) is 7.05 Å². The van der Waals surface area contributed by atoms with Crippen LogP contribution in [0.2, 0.25) is 0 Å². The number of likely N-dealkylation sites (tertiary alicyclic amines) is 1. The summed E-state index contributed by atoms with van der Waals surface area (Å²) in [6.07, 6.45) is 5.42. The molecule has 7 heteroatoms. The van der Waals surface area contributed by atoms with Crippen molar-refractivity contribution in [3.05, 3.63) is 0 Å². The average molecular weight is 361 g/mol. The first kappa shape index (κ1) is 21.2. The number of nitrogens with zero attached hydrogens (tertiary/aromatic N) is 2. The summed E-state index contributed by atoms with van der Waals surface area (Å²) in [5.74, 6) is 1.04. The zero-order valence-electron chi connectivity index (χ0n) is 16.1. The summed E-state index contributed by atoms with van der Waals surface area (Å²) in [7, 11) is -1.13. The lowest BCUT2D eigenvalue weighted by molar-refractivity contribution is 0.206. The summed E-state index contributed by atoms with van der Waals surface area (Å²) >= 11 is 0. The zero-order chi connectivity index (χ0) is 18.2. The number of hydrogen-bond acceptors (Lipinski definition) is 4. The molecule has 1 heterocycles. The van der Waals surface area contributed by atoms with Gasteiger partial charge in [-0.15, -0.1) is 0 Å².